The van der Waals surface area contributed by atoms with Crippen molar-refractivity contribution < 1.29 is 19.4 Å². The Morgan fingerprint density at radius 3 is 2.56 bits per heavy atom. The van der Waals surface area contributed by atoms with Gasteiger partial charge in [0.25, 0.3) is 5.88 Å². The number of amides is 1. The van der Waals surface area contributed by atoms with Crippen LogP contribution in [-0.2, 0) is 4.79 Å². The highest BCUT2D eigenvalue weighted by molar-refractivity contribution is 5.89. The molecule has 0 fully saturated rings. The van der Waals surface area contributed by atoms with Crippen molar-refractivity contribution in [3.8, 4) is 22.8 Å². The van der Waals surface area contributed by atoms with Gasteiger partial charge in [0.15, 0.2) is 0 Å². The van der Waals surface area contributed by atoms with E-state index >= 15 is 0 Å². The van der Waals surface area contributed by atoms with Crippen LogP contribution in [0.2, 0.25) is 0 Å². The minimum absolute atomic E-state index is 0.0364. The minimum Gasteiger partial charge on any atom is -0.476 e. The molecular weight excluding hydrogens is 324 g/mol. The Labute approximate surface area is 142 Å². The second-order valence-corrected chi connectivity index (χ2v) is 5.18. The van der Waals surface area contributed by atoms with Gasteiger partial charge in [0.2, 0.25) is 11.6 Å². The number of aromatic amines is 1. The number of hydrogen-bond donors (Lipinski definition) is 3. The molecule has 0 saturated carbocycles. The molecule has 8 nitrogen and oxygen atoms in total. The number of rotatable bonds is 5. The van der Waals surface area contributed by atoms with Gasteiger partial charge >= 0.3 is 5.97 Å². The van der Waals surface area contributed by atoms with Gasteiger partial charge in [-0.3, -0.25) is 4.79 Å². The monoisotopic (exact) mass is 338 g/mol. The third-order valence-corrected chi connectivity index (χ3v) is 3.31. The number of nitrogens with zero attached hydrogens (tertiary/aromatic N) is 2. The van der Waals surface area contributed by atoms with Gasteiger partial charge in [-0.1, -0.05) is 29.5 Å². The maximum atomic E-state index is 11.1. The maximum Gasteiger partial charge on any atom is 0.362 e. The second-order valence-electron chi connectivity index (χ2n) is 5.18. The first-order valence-electron chi connectivity index (χ1n) is 7.33. The van der Waals surface area contributed by atoms with E-state index in [0.29, 0.717) is 11.4 Å². The van der Waals surface area contributed by atoms with Gasteiger partial charge in [-0.2, -0.15) is 0 Å². The molecule has 126 valence electrons. The van der Waals surface area contributed by atoms with Gasteiger partial charge in [0.1, 0.15) is 5.75 Å². The van der Waals surface area contributed by atoms with Crippen LogP contribution < -0.4 is 10.1 Å². The highest BCUT2D eigenvalue weighted by Crippen LogP contribution is 2.28. The number of benzene rings is 2. The lowest BCUT2D eigenvalue weighted by atomic mass is 10.1. The van der Waals surface area contributed by atoms with Gasteiger partial charge in [0, 0.05) is 12.6 Å². The number of H-pyrrole nitrogens is 1. The van der Waals surface area contributed by atoms with Crippen LogP contribution in [0.5, 0.6) is 11.6 Å². The van der Waals surface area contributed by atoms with Crippen molar-refractivity contribution in [3.05, 3.63) is 54.2 Å². The molecule has 0 atom stereocenters. The zero-order chi connectivity index (χ0) is 17.8. The van der Waals surface area contributed by atoms with E-state index in [0.717, 1.165) is 11.1 Å². The first-order valence-corrected chi connectivity index (χ1v) is 7.33. The lowest BCUT2D eigenvalue weighted by Gasteiger charge is -2.08. The molecule has 0 spiro atoms. The van der Waals surface area contributed by atoms with Gasteiger partial charge in [-0.25, -0.2) is 9.89 Å². The lowest BCUT2D eigenvalue weighted by molar-refractivity contribution is -0.114. The summed E-state index contributed by atoms with van der Waals surface area (Å²) in [6.07, 6.45) is 0. The molecular formula is C17H14N4O4. The van der Waals surface area contributed by atoms with Crippen molar-refractivity contribution in [2.24, 2.45) is 0 Å². The molecule has 1 amide bonds. The summed E-state index contributed by atoms with van der Waals surface area (Å²) in [6, 6.07) is 14.5. The van der Waals surface area contributed by atoms with Crippen LogP contribution in [-0.4, -0.2) is 32.4 Å². The molecule has 0 radical (unpaired) electrons. The third kappa shape index (κ3) is 3.81. The summed E-state index contributed by atoms with van der Waals surface area (Å²) in [5.74, 6) is -0.957. The number of carbonyl (C=O) groups excluding carboxylic acids is 1. The molecule has 3 N–H and O–H groups in total. The predicted molar refractivity (Wildman–Crippen MR) is 89.6 cm³/mol. The molecule has 3 aromatic rings. The zero-order valence-corrected chi connectivity index (χ0v) is 13.2. The summed E-state index contributed by atoms with van der Waals surface area (Å²) >= 11 is 0. The Hall–Kier alpha value is -3.68. The van der Waals surface area contributed by atoms with E-state index in [1.807, 2.05) is 18.2 Å². The van der Waals surface area contributed by atoms with Gasteiger partial charge in [-0.05, 0) is 35.4 Å². The molecule has 0 bridgehead atoms. The first-order chi connectivity index (χ1) is 12.0. The van der Waals surface area contributed by atoms with Crippen LogP contribution >= 0.6 is 0 Å². The number of carboxylic acid groups (broad SMARTS) is 1. The van der Waals surface area contributed by atoms with E-state index in [9.17, 15) is 9.59 Å². The van der Waals surface area contributed by atoms with Gasteiger partial charge in [0.05, 0.1) is 0 Å². The molecule has 25 heavy (non-hydrogen) atoms. The molecule has 2 aromatic carbocycles. The normalized spacial score (nSPS) is 10.3. The number of carbonyl (C=O) groups is 2. The van der Waals surface area contributed by atoms with Gasteiger partial charge < -0.3 is 15.2 Å². The molecule has 1 aromatic heterocycles. The molecule has 8 heteroatoms. The molecule has 0 saturated heterocycles. The number of nitrogens with one attached hydrogen (secondary N) is 2. The number of hydrogen-bond acceptors (Lipinski definition) is 5. The second kappa shape index (κ2) is 6.83. The van der Waals surface area contributed by atoms with Crippen LogP contribution in [0, 0.1) is 0 Å². The molecule has 0 aliphatic rings. The standard InChI is InChI=1S/C17H14N4O4/c1-10(22)18-13-7-5-11(6-8-13)12-3-2-4-14(9-12)25-16-15(17(23)24)19-21-20-16/h2-9H,1H3,(H,18,22)(H,23,24)(H,19,20,21). The fourth-order valence-corrected chi connectivity index (χ4v) is 2.24. The number of anilines is 1. The van der Waals surface area contributed by atoms with E-state index in [1.54, 1.807) is 30.3 Å². The molecule has 3 rings (SSSR count). The fourth-order valence-electron chi connectivity index (χ4n) is 2.24. The highest BCUT2D eigenvalue weighted by atomic mass is 16.5. The van der Waals surface area contributed by atoms with E-state index in [2.05, 4.69) is 20.7 Å². The van der Waals surface area contributed by atoms with Crippen molar-refractivity contribution >= 4 is 17.6 Å². The molecule has 0 aliphatic heterocycles. The topological polar surface area (TPSA) is 117 Å². The number of ether oxygens (including phenoxy) is 1. The third-order valence-electron chi connectivity index (χ3n) is 3.31. The Morgan fingerprint density at radius 2 is 1.88 bits per heavy atom. The van der Waals surface area contributed by atoms with Crippen LogP contribution in [0.3, 0.4) is 0 Å². The van der Waals surface area contributed by atoms with Crippen molar-refractivity contribution in [2.45, 2.75) is 6.92 Å². The molecule has 0 unspecified atom stereocenters. The largest absolute Gasteiger partial charge is 0.476 e. The van der Waals surface area contributed by atoms with Crippen molar-refractivity contribution in [1.82, 2.24) is 15.4 Å². The summed E-state index contributed by atoms with van der Waals surface area (Å²) in [7, 11) is 0. The van der Waals surface area contributed by atoms with Crippen molar-refractivity contribution in [3.63, 3.8) is 0 Å². The van der Waals surface area contributed by atoms with E-state index < -0.39 is 5.97 Å². The highest BCUT2D eigenvalue weighted by Gasteiger charge is 2.16. The average molecular weight is 338 g/mol. The Balaban J connectivity index is 1.83. The average Bonchev–Trinajstić information content (AvgIpc) is 3.04. The summed E-state index contributed by atoms with van der Waals surface area (Å²) < 4.78 is 5.53. The first kappa shape index (κ1) is 16.2. The maximum absolute atomic E-state index is 11.1. The summed E-state index contributed by atoms with van der Waals surface area (Å²) in [4.78, 5) is 22.1. The van der Waals surface area contributed by atoms with Crippen LogP contribution in [0.25, 0.3) is 11.1 Å². The smallest absolute Gasteiger partial charge is 0.362 e. The fraction of sp³-hybridized carbons (Fsp3) is 0.0588. The summed E-state index contributed by atoms with van der Waals surface area (Å²) in [5, 5.41) is 21.0. The van der Waals surface area contributed by atoms with Crippen molar-refractivity contribution in [1.29, 1.82) is 0 Å². The summed E-state index contributed by atoms with van der Waals surface area (Å²) in [6.45, 7) is 1.45. The Kier molecular flexibility index (Phi) is 4.42. The predicted octanol–water partition coefficient (Wildman–Crippen LogP) is 2.92. The van der Waals surface area contributed by atoms with Crippen LogP contribution in [0.15, 0.2) is 48.5 Å². The number of carboxylic acids is 1. The van der Waals surface area contributed by atoms with Crippen LogP contribution in [0.1, 0.15) is 17.4 Å². The Morgan fingerprint density at radius 1 is 1.12 bits per heavy atom. The zero-order valence-electron chi connectivity index (χ0n) is 13.2. The van der Waals surface area contributed by atoms with Crippen LogP contribution in [0.4, 0.5) is 5.69 Å². The lowest BCUT2D eigenvalue weighted by Crippen LogP contribution is -2.05. The van der Waals surface area contributed by atoms with E-state index in [4.69, 9.17) is 9.84 Å². The Bertz CT molecular complexity index is 918. The van der Waals surface area contributed by atoms with Gasteiger partial charge in [-0.15, -0.1) is 5.10 Å². The molecule has 0 aliphatic carbocycles. The quantitative estimate of drug-likeness (QED) is 0.658. The molecule has 1 heterocycles. The number of aromatic carboxylic acids is 1. The van der Waals surface area contributed by atoms with Crippen molar-refractivity contribution in [2.75, 3.05) is 5.32 Å². The van der Waals surface area contributed by atoms with E-state index in [-0.39, 0.29) is 17.5 Å². The number of aromatic nitrogens is 3. The van der Waals surface area contributed by atoms with E-state index in [1.165, 1.54) is 6.92 Å². The summed E-state index contributed by atoms with van der Waals surface area (Å²) in [5.41, 5.74) is 2.21. The minimum atomic E-state index is -1.23. The SMILES string of the molecule is CC(=O)Nc1ccc(-c2cccc(Oc3[nH]nnc3C(=O)O)c2)cc1.